The highest BCUT2D eigenvalue weighted by Gasteiger charge is 2.25. The maximum atomic E-state index is 11.2. The van der Waals surface area contributed by atoms with Crippen LogP contribution in [0.1, 0.15) is 32.6 Å². The van der Waals surface area contributed by atoms with Gasteiger partial charge in [-0.1, -0.05) is 0 Å². The van der Waals surface area contributed by atoms with E-state index < -0.39 is 6.04 Å². The SMILES string of the molecule is COC1CCCC(OC(=O)C(C)N)C1. The van der Waals surface area contributed by atoms with Crippen molar-refractivity contribution in [2.75, 3.05) is 7.11 Å². The van der Waals surface area contributed by atoms with Crippen molar-refractivity contribution >= 4 is 5.97 Å². The number of ether oxygens (including phenoxy) is 2. The fraction of sp³-hybridized carbons (Fsp3) is 0.900. The highest BCUT2D eigenvalue weighted by Crippen LogP contribution is 2.23. The zero-order valence-corrected chi connectivity index (χ0v) is 8.86. The van der Waals surface area contributed by atoms with Crippen LogP contribution >= 0.6 is 0 Å². The number of hydrogen-bond donors (Lipinski definition) is 1. The molecule has 3 atom stereocenters. The van der Waals surface area contributed by atoms with Gasteiger partial charge in [0, 0.05) is 13.5 Å². The standard InChI is InChI=1S/C10H19NO3/c1-7(11)10(12)14-9-5-3-4-8(6-9)13-2/h7-9H,3-6,11H2,1-2H3. The molecular formula is C10H19NO3. The third kappa shape index (κ3) is 3.27. The lowest BCUT2D eigenvalue weighted by molar-refractivity contribution is -0.153. The van der Waals surface area contributed by atoms with Crippen molar-refractivity contribution < 1.29 is 14.3 Å². The zero-order valence-electron chi connectivity index (χ0n) is 8.86. The average molecular weight is 201 g/mol. The second-order valence-corrected chi connectivity index (χ2v) is 3.87. The van der Waals surface area contributed by atoms with Gasteiger partial charge in [0.1, 0.15) is 12.1 Å². The van der Waals surface area contributed by atoms with Gasteiger partial charge >= 0.3 is 5.97 Å². The molecule has 0 aromatic carbocycles. The Hall–Kier alpha value is -0.610. The summed E-state index contributed by atoms with van der Waals surface area (Å²) in [6, 6.07) is -0.530. The number of esters is 1. The quantitative estimate of drug-likeness (QED) is 0.687. The normalized spacial score (nSPS) is 29.6. The van der Waals surface area contributed by atoms with E-state index in [4.69, 9.17) is 15.2 Å². The molecule has 1 fully saturated rings. The predicted molar refractivity (Wildman–Crippen MR) is 52.8 cm³/mol. The summed E-state index contributed by atoms with van der Waals surface area (Å²) < 4.78 is 10.5. The maximum Gasteiger partial charge on any atom is 0.322 e. The summed E-state index contributed by atoms with van der Waals surface area (Å²) in [6.45, 7) is 1.64. The van der Waals surface area contributed by atoms with Gasteiger partial charge < -0.3 is 15.2 Å². The van der Waals surface area contributed by atoms with Crippen LogP contribution in [-0.2, 0) is 14.3 Å². The fourth-order valence-electron chi connectivity index (χ4n) is 1.69. The van der Waals surface area contributed by atoms with Crippen molar-refractivity contribution in [3.8, 4) is 0 Å². The molecule has 0 heterocycles. The predicted octanol–water partition coefficient (Wildman–Crippen LogP) is 0.834. The van der Waals surface area contributed by atoms with Gasteiger partial charge in [0.25, 0.3) is 0 Å². The Kier molecular flexibility index (Phi) is 4.35. The summed E-state index contributed by atoms with van der Waals surface area (Å²) >= 11 is 0. The van der Waals surface area contributed by atoms with Crippen LogP contribution in [0.2, 0.25) is 0 Å². The third-order valence-corrected chi connectivity index (χ3v) is 2.57. The van der Waals surface area contributed by atoms with E-state index in [2.05, 4.69) is 0 Å². The van der Waals surface area contributed by atoms with E-state index in [-0.39, 0.29) is 18.2 Å². The van der Waals surface area contributed by atoms with Crippen molar-refractivity contribution in [1.29, 1.82) is 0 Å². The molecule has 14 heavy (non-hydrogen) atoms. The zero-order chi connectivity index (χ0) is 10.6. The molecule has 2 N–H and O–H groups in total. The molecule has 0 aromatic rings. The molecule has 1 saturated carbocycles. The summed E-state index contributed by atoms with van der Waals surface area (Å²) in [5.74, 6) is -0.313. The minimum Gasteiger partial charge on any atom is -0.461 e. The Morgan fingerprint density at radius 3 is 2.64 bits per heavy atom. The molecule has 0 radical (unpaired) electrons. The molecule has 0 spiro atoms. The van der Waals surface area contributed by atoms with Crippen molar-refractivity contribution in [3.63, 3.8) is 0 Å². The van der Waals surface area contributed by atoms with Crippen LogP contribution in [-0.4, -0.2) is 31.3 Å². The minimum absolute atomic E-state index is 0.00722. The molecule has 0 aromatic heterocycles. The smallest absolute Gasteiger partial charge is 0.322 e. The van der Waals surface area contributed by atoms with Gasteiger partial charge in [-0.25, -0.2) is 0 Å². The summed E-state index contributed by atoms with van der Waals surface area (Å²) in [5, 5.41) is 0. The van der Waals surface area contributed by atoms with E-state index in [0.29, 0.717) is 0 Å². The second-order valence-electron chi connectivity index (χ2n) is 3.87. The van der Waals surface area contributed by atoms with E-state index in [1.165, 1.54) is 0 Å². The molecule has 3 unspecified atom stereocenters. The third-order valence-electron chi connectivity index (χ3n) is 2.57. The number of rotatable bonds is 3. The van der Waals surface area contributed by atoms with Gasteiger partial charge in [-0.3, -0.25) is 4.79 Å². The van der Waals surface area contributed by atoms with Crippen LogP contribution in [0.15, 0.2) is 0 Å². The Balaban J connectivity index is 2.34. The molecule has 0 amide bonds. The lowest BCUT2D eigenvalue weighted by Crippen LogP contribution is -2.35. The molecule has 1 aliphatic carbocycles. The van der Waals surface area contributed by atoms with Crippen LogP contribution in [0.5, 0.6) is 0 Å². The van der Waals surface area contributed by atoms with E-state index in [1.807, 2.05) is 0 Å². The fourth-order valence-corrected chi connectivity index (χ4v) is 1.69. The van der Waals surface area contributed by atoms with Gasteiger partial charge in [-0.05, 0) is 26.2 Å². The largest absolute Gasteiger partial charge is 0.461 e. The molecule has 1 rings (SSSR count). The van der Waals surface area contributed by atoms with Crippen molar-refractivity contribution in [3.05, 3.63) is 0 Å². The molecule has 0 saturated heterocycles. The van der Waals surface area contributed by atoms with E-state index >= 15 is 0 Å². The summed E-state index contributed by atoms with van der Waals surface area (Å²) in [6.07, 6.45) is 4.06. The lowest BCUT2D eigenvalue weighted by atomic mass is 9.95. The molecule has 4 heteroatoms. The number of carbonyl (C=O) groups excluding carboxylic acids is 1. The van der Waals surface area contributed by atoms with Crippen molar-refractivity contribution in [2.24, 2.45) is 5.73 Å². The first-order valence-corrected chi connectivity index (χ1v) is 5.12. The van der Waals surface area contributed by atoms with Crippen molar-refractivity contribution in [1.82, 2.24) is 0 Å². The monoisotopic (exact) mass is 201 g/mol. The second kappa shape index (κ2) is 5.32. The van der Waals surface area contributed by atoms with E-state index in [9.17, 15) is 4.79 Å². The van der Waals surface area contributed by atoms with Crippen LogP contribution in [0, 0.1) is 0 Å². The minimum atomic E-state index is -0.530. The average Bonchev–Trinajstić information content (AvgIpc) is 2.18. The molecular weight excluding hydrogens is 182 g/mol. The van der Waals surface area contributed by atoms with Gasteiger partial charge in [0.2, 0.25) is 0 Å². The first-order valence-electron chi connectivity index (χ1n) is 5.12. The van der Waals surface area contributed by atoms with Crippen LogP contribution in [0.3, 0.4) is 0 Å². The Morgan fingerprint density at radius 1 is 1.43 bits per heavy atom. The molecule has 0 bridgehead atoms. The summed E-state index contributed by atoms with van der Waals surface area (Å²) in [4.78, 5) is 11.2. The number of carbonyl (C=O) groups is 1. The first-order chi connectivity index (χ1) is 6.63. The summed E-state index contributed by atoms with van der Waals surface area (Å²) in [7, 11) is 1.69. The maximum absolute atomic E-state index is 11.2. The van der Waals surface area contributed by atoms with Crippen LogP contribution in [0.25, 0.3) is 0 Å². The van der Waals surface area contributed by atoms with Gasteiger partial charge in [0.05, 0.1) is 6.10 Å². The van der Waals surface area contributed by atoms with E-state index in [0.717, 1.165) is 25.7 Å². The highest BCUT2D eigenvalue weighted by molar-refractivity contribution is 5.75. The van der Waals surface area contributed by atoms with Crippen molar-refractivity contribution in [2.45, 2.75) is 50.9 Å². The lowest BCUT2D eigenvalue weighted by Gasteiger charge is -2.28. The molecule has 4 nitrogen and oxygen atoms in total. The molecule has 0 aliphatic heterocycles. The number of nitrogens with two attached hydrogens (primary N) is 1. The van der Waals surface area contributed by atoms with Gasteiger partial charge in [-0.2, -0.15) is 0 Å². The molecule has 82 valence electrons. The molecule has 1 aliphatic rings. The van der Waals surface area contributed by atoms with Gasteiger partial charge in [-0.15, -0.1) is 0 Å². The highest BCUT2D eigenvalue weighted by atomic mass is 16.5. The summed E-state index contributed by atoms with van der Waals surface area (Å²) in [5.41, 5.74) is 5.41. The Bertz CT molecular complexity index is 194. The Morgan fingerprint density at radius 2 is 2.07 bits per heavy atom. The van der Waals surface area contributed by atoms with E-state index in [1.54, 1.807) is 14.0 Å². The van der Waals surface area contributed by atoms with Gasteiger partial charge in [0.15, 0.2) is 0 Å². The number of hydrogen-bond acceptors (Lipinski definition) is 4. The topological polar surface area (TPSA) is 61.5 Å². The Labute approximate surface area is 84.7 Å². The number of methoxy groups -OCH3 is 1. The van der Waals surface area contributed by atoms with Crippen LogP contribution in [0.4, 0.5) is 0 Å². The van der Waals surface area contributed by atoms with Crippen LogP contribution < -0.4 is 5.73 Å². The first kappa shape index (κ1) is 11.5.